The van der Waals surface area contributed by atoms with Crippen LogP contribution in [-0.2, 0) is 25.7 Å². The third-order valence-corrected chi connectivity index (χ3v) is 5.52. The highest BCUT2D eigenvalue weighted by Crippen LogP contribution is 2.20. The van der Waals surface area contributed by atoms with Gasteiger partial charge in [-0.2, -0.15) is 0 Å². The maximum atomic E-state index is 13.1. The van der Waals surface area contributed by atoms with Gasteiger partial charge in [0.1, 0.15) is 18.7 Å². The highest BCUT2D eigenvalue weighted by atomic mass is 16.5. The van der Waals surface area contributed by atoms with E-state index in [2.05, 4.69) is 16.0 Å². The van der Waals surface area contributed by atoms with Gasteiger partial charge >= 0.3 is 6.09 Å². The Labute approximate surface area is 204 Å². The van der Waals surface area contributed by atoms with Crippen LogP contribution in [0.4, 0.5) is 4.79 Å². The quantitative estimate of drug-likeness (QED) is 0.129. The first-order valence-corrected chi connectivity index (χ1v) is 11.4. The third-order valence-electron chi connectivity index (χ3n) is 5.52. The molecular weight excluding hydrogens is 456 g/mol. The van der Waals surface area contributed by atoms with Crippen LogP contribution in [0.2, 0.25) is 0 Å². The monoisotopic (exact) mass is 489 g/mol. The van der Waals surface area contributed by atoms with Crippen molar-refractivity contribution in [1.29, 1.82) is 5.41 Å². The zero-order valence-corrected chi connectivity index (χ0v) is 19.7. The molecule has 4 atom stereocenters. The van der Waals surface area contributed by atoms with Crippen LogP contribution >= 0.6 is 0 Å². The van der Waals surface area contributed by atoms with Crippen molar-refractivity contribution in [3.05, 3.63) is 35.9 Å². The summed E-state index contributed by atoms with van der Waals surface area (Å²) >= 11 is 0. The molecular formula is C23H33N6O6. The Bertz CT molecular complexity index is 881. The van der Waals surface area contributed by atoms with Crippen LogP contribution < -0.4 is 21.7 Å². The van der Waals surface area contributed by atoms with E-state index in [9.17, 15) is 24.3 Å². The minimum Gasteiger partial charge on any atom is -0.445 e. The van der Waals surface area contributed by atoms with Crippen molar-refractivity contribution in [2.45, 2.75) is 63.4 Å². The normalized spacial score (nSPS) is 17.5. The predicted octanol–water partition coefficient (Wildman–Crippen LogP) is -0.489. The van der Waals surface area contributed by atoms with Gasteiger partial charge in [-0.05, 0) is 38.2 Å². The number of rotatable bonds is 12. The van der Waals surface area contributed by atoms with Crippen molar-refractivity contribution in [2.75, 3.05) is 13.1 Å². The fourth-order valence-corrected chi connectivity index (χ4v) is 3.72. The molecule has 191 valence electrons. The number of aliphatic hydroxyl groups excluding tert-OH is 1. The Morgan fingerprint density at radius 3 is 2.63 bits per heavy atom. The molecule has 0 bridgehead atoms. The molecule has 1 heterocycles. The van der Waals surface area contributed by atoms with Gasteiger partial charge in [0, 0.05) is 13.1 Å². The van der Waals surface area contributed by atoms with Crippen LogP contribution in [0.1, 0.15) is 38.2 Å². The Hall–Kier alpha value is -3.67. The maximum absolute atomic E-state index is 13.1. The zero-order chi connectivity index (χ0) is 25.8. The first-order chi connectivity index (χ1) is 16.7. The second kappa shape index (κ2) is 13.9. The van der Waals surface area contributed by atoms with E-state index in [1.807, 2.05) is 6.07 Å². The molecule has 1 aromatic carbocycles. The molecule has 1 aromatic rings. The highest BCUT2D eigenvalue weighted by Gasteiger charge is 2.39. The number of nitrogens with one attached hydrogen (secondary N) is 4. The number of carbonyl (C=O) groups excluding carboxylic acids is 4. The number of guanidine groups is 1. The fourth-order valence-electron chi connectivity index (χ4n) is 3.72. The smallest absolute Gasteiger partial charge is 0.408 e. The molecule has 0 saturated carbocycles. The predicted molar refractivity (Wildman–Crippen MR) is 127 cm³/mol. The number of aliphatic hydroxyl groups is 1. The number of nitrogens with zero attached hydrogens (tertiary/aromatic N) is 1. The summed E-state index contributed by atoms with van der Waals surface area (Å²) in [5, 5.41) is 24.8. The number of ether oxygens (including phenoxy) is 1. The van der Waals surface area contributed by atoms with E-state index in [4.69, 9.17) is 15.9 Å². The number of amides is 3. The molecule has 35 heavy (non-hydrogen) atoms. The SMILES string of the molecule is C[C@H](O)[C@@H](NC(=O)OCc1ccccc1)C(=O)N1CCC[C@H]1C(=O)N[C@H]([C]=O)CCCNC(=N)N. The average molecular weight is 490 g/mol. The summed E-state index contributed by atoms with van der Waals surface area (Å²) < 4.78 is 5.14. The second-order valence-corrected chi connectivity index (χ2v) is 8.28. The number of alkyl carbamates (subject to hydrolysis) is 1. The van der Waals surface area contributed by atoms with Gasteiger partial charge in [-0.15, -0.1) is 0 Å². The highest BCUT2D eigenvalue weighted by molar-refractivity contribution is 5.93. The lowest BCUT2D eigenvalue weighted by Gasteiger charge is -2.30. The Kier molecular flexibility index (Phi) is 10.9. The van der Waals surface area contributed by atoms with E-state index in [1.165, 1.54) is 11.8 Å². The van der Waals surface area contributed by atoms with Crippen molar-refractivity contribution in [2.24, 2.45) is 5.73 Å². The van der Waals surface area contributed by atoms with Crippen LogP contribution in [0.3, 0.4) is 0 Å². The summed E-state index contributed by atoms with van der Waals surface area (Å²) in [4.78, 5) is 50.8. The van der Waals surface area contributed by atoms with Crippen LogP contribution in [0, 0.1) is 5.41 Å². The minimum atomic E-state index is -1.31. The molecule has 1 saturated heterocycles. The van der Waals surface area contributed by atoms with Gasteiger partial charge in [-0.1, -0.05) is 30.3 Å². The summed E-state index contributed by atoms with van der Waals surface area (Å²) in [7, 11) is 0. The Morgan fingerprint density at radius 1 is 1.29 bits per heavy atom. The number of hydrogen-bond acceptors (Lipinski definition) is 7. The molecule has 1 aliphatic heterocycles. The van der Waals surface area contributed by atoms with E-state index in [0.717, 1.165) is 5.56 Å². The molecule has 12 heteroatoms. The molecule has 2 rings (SSSR count). The average Bonchev–Trinajstić information content (AvgIpc) is 3.33. The molecule has 0 spiro atoms. The number of benzene rings is 1. The Balaban J connectivity index is 1.94. The van der Waals surface area contributed by atoms with Gasteiger partial charge in [0.15, 0.2) is 5.96 Å². The standard InChI is InChI=1S/C23H33N6O6/c1-15(31)19(28-23(34)35-14-16-7-3-2-4-8-16)21(33)29-12-6-10-18(29)20(32)27-17(13-30)9-5-11-26-22(24)25/h2-4,7-8,15,17-19,31H,5-6,9-12,14H2,1H3,(H,27,32)(H,28,34)(H4,24,25,26)/t15-,17-,18-,19+/m0/s1. The fraction of sp³-hybridized carbons (Fsp3) is 0.522. The van der Waals surface area contributed by atoms with E-state index in [-0.39, 0.29) is 25.5 Å². The largest absolute Gasteiger partial charge is 0.445 e. The number of carbonyl (C=O) groups is 3. The minimum absolute atomic E-state index is 0.00629. The first kappa shape index (κ1) is 27.6. The topological polar surface area (TPSA) is 187 Å². The molecule has 0 unspecified atom stereocenters. The van der Waals surface area contributed by atoms with Crippen molar-refractivity contribution in [1.82, 2.24) is 20.9 Å². The van der Waals surface area contributed by atoms with Gasteiger partial charge in [0.2, 0.25) is 18.1 Å². The van der Waals surface area contributed by atoms with Crippen LogP contribution in [0.25, 0.3) is 0 Å². The summed E-state index contributed by atoms with van der Waals surface area (Å²) in [5.74, 6) is -1.32. The van der Waals surface area contributed by atoms with Crippen molar-refractivity contribution in [3.63, 3.8) is 0 Å². The lowest BCUT2D eigenvalue weighted by atomic mass is 10.1. The number of hydrogen-bond donors (Lipinski definition) is 6. The molecule has 0 aliphatic carbocycles. The van der Waals surface area contributed by atoms with Gasteiger partial charge in [-0.3, -0.25) is 19.8 Å². The third kappa shape index (κ3) is 8.89. The van der Waals surface area contributed by atoms with Crippen LogP contribution in [0.5, 0.6) is 0 Å². The summed E-state index contributed by atoms with van der Waals surface area (Å²) in [6.45, 7) is 1.98. The molecule has 1 fully saturated rings. The molecule has 1 aliphatic rings. The molecule has 12 nitrogen and oxygen atoms in total. The lowest BCUT2D eigenvalue weighted by molar-refractivity contribution is -0.142. The van der Waals surface area contributed by atoms with Gasteiger partial charge < -0.3 is 36.4 Å². The first-order valence-electron chi connectivity index (χ1n) is 11.4. The molecule has 0 aromatic heterocycles. The van der Waals surface area contributed by atoms with Crippen LogP contribution in [0.15, 0.2) is 30.3 Å². The van der Waals surface area contributed by atoms with Crippen molar-refractivity contribution >= 4 is 30.2 Å². The van der Waals surface area contributed by atoms with Gasteiger partial charge in [-0.25, -0.2) is 4.79 Å². The zero-order valence-electron chi connectivity index (χ0n) is 19.7. The summed E-state index contributed by atoms with van der Waals surface area (Å²) in [6.07, 6.45) is 1.33. The molecule has 7 N–H and O–H groups in total. The van der Waals surface area contributed by atoms with Gasteiger partial charge in [0.25, 0.3) is 0 Å². The Morgan fingerprint density at radius 2 is 2.00 bits per heavy atom. The van der Waals surface area contributed by atoms with Crippen molar-refractivity contribution < 1.29 is 29.0 Å². The maximum Gasteiger partial charge on any atom is 0.408 e. The van der Waals surface area contributed by atoms with E-state index >= 15 is 0 Å². The summed E-state index contributed by atoms with van der Waals surface area (Å²) in [6, 6.07) is 5.95. The lowest BCUT2D eigenvalue weighted by Crippen LogP contribution is -2.57. The van der Waals surface area contributed by atoms with E-state index in [1.54, 1.807) is 30.6 Å². The van der Waals surface area contributed by atoms with Crippen molar-refractivity contribution in [3.8, 4) is 0 Å². The van der Waals surface area contributed by atoms with E-state index < -0.39 is 42.1 Å². The van der Waals surface area contributed by atoms with Crippen LogP contribution in [-0.4, -0.2) is 77.5 Å². The number of nitrogens with two attached hydrogens (primary N) is 1. The van der Waals surface area contributed by atoms with E-state index in [0.29, 0.717) is 25.8 Å². The molecule has 3 amide bonds. The number of likely N-dealkylation sites (tertiary alicyclic amines) is 1. The summed E-state index contributed by atoms with van der Waals surface area (Å²) in [5.41, 5.74) is 5.97. The molecule has 1 radical (unpaired) electrons. The van der Waals surface area contributed by atoms with Gasteiger partial charge in [0.05, 0.1) is 12.1 Å². The second-order valence-electron chi connectivity index (χ2n) is 8.28.